The predicted molar refractivity (Wildman–Crippen MR) is 67.9 cm³/mol. The lowest BCUT2D eigenvalue weighted by Crippen LogP contribution is -2.03. The Morgan fingerprint density at radius 3 is 3.00 bits per heavy atom. The largest absolute Gasteiger partial charge is 0.372 e. The Hall–Kier alpha value is -1.41. The molecule has 16 heavy (non-hydrogen) atoms. The van der Waals surface area contributed by atoms with Gasteiger partial charge in [-0.2, -0.15) is 0 Å². The van der Waals surface area contributed by atoms with E-state index in [0.717, 1.165) is 25.1 Å². The van der Waals surface area contributed by atoms with Gasteiger partial charge in [0.2, 0.25) is 0 Å². The van der Waals surface area contributed by atoms with Crippen molar-refractivity contribution in [3.8, 4) is 0 Å². The van der Waals surface area contributed by atoms with Crippen LogP contribution in [0.3, 0.4) is 0 Å². The van der Waals surface area contributed by atoms with E-state index in [2.05, 4.69) is 35.9 Å². The van der Waals surface area contributed by atoms with Crippen molar-refractivity contribution in [3.63, 3.8) is 0 Å². The first-order valence-corrected chi connectivity index (χ1v) is 5.68. The van der Waals surface area contributed by atoms with Gasteiger partial charge in [-0.25, -0.2) is 0 Å². The van der Waals surface area contributed by atoms with E-state index in [1.54, 1.807) is 6.08 Å². The molecule has 0 saturated carbocycles. The SMILES string of the molecule is C=CC1=NCC(COCC2=CCCC=C2)=C1. The zero-order chi connectivity index (χ0) is 11.2. The standard InChI is InChI=1S/C14H17NO/c1-2-14-8-13(9-15-14)11-16-10-12-6-4-3-5-7-12/h2,4,6-8H,1,3,5,9-11H2. The van der Waals surface area contributed by atoms with Crippen LogP contribution in [0.15, 0.2) is 53.1 Å². The van der Waals surface area contributed by atoms with Crippen LogP contribution < -0.4 is 0 Å². The Balaban J connectivity index is 1.71. The van der Waals surface area contributed by atoms with E-state index in [9.17, 15) is 0 Å². The van der Waals surface area contributed by atoms with E-state index >= 15 is 0 Å². The Morgan fingerprint density at radius 1 is 1.38 bits per heavy atom. The molecule has 0 atom stereocenters. The van der Waals surface area contributed by atoms with Gasteiger partial charge in [-0.15, -0.1) is 0 Å². The second-order valence-electron chi connectivity index (χ2n) is 4.00. The van der Waals surface area contributed by atoms with Gasteiger partial charge in [0.15, 0.2) is 0 Å². The Bertz CT molecular complexity index is 386. The highest BCUT2D eigenvalue weighted by atomic mass is 16.5. The van der Waals surface area contributed by atoms with E-state index in [4.69, 9.17) is 4.74 Å². The zero-order valence-corrected chi connectivity index (χ0v) is 9.48. The van der Waals surface area contributed by atoms with Gasteiger partial charge in [0.1, 0.15) is 0 Å². The minimum absolute atomic E-state index is 0.673. The molecule has 1 aliphatic heterocycles. The van der Waals surface area contributed by atoms with Gasteiger partial charge in [0, 0.05) is 0 Å². The molecular formula is C14H17NO. The number of rotatable bonds is 5. The van der Waals surface area contributed by atoms with Gasteiger partial charge in [-0.1, -0.05) is 24.8 Å². The van der Waals surface area contributed by atoms with Crippen molar-refractivity contribution in [3.05, 3.63) is 48.1 Å². The van der Waals surface area contributed by atoms with Gasteiger partial charge in [0.05, 0.1) is 25.5 Å². The van der Waals surface area contributed by atoms with Gasteiger partial charge in [-0.3, -0.25) is 4.99 Å². The summed E-state index contributed by atoms with van der Waals surface area (Å²) >= 11 is 0. The molecule has 0 bridgehead atoms. The molecular weight excluding hydrogens is 198 g/mol. The van der Waals surface area contributed by atoms with Crippen molar-refractivity contribution in [2.45, 2.75) is 12.8 Å². The van der Waals surface area contributed by atoms with E-state index in [1.807, 2.05) is 0 Å². The number of hydrogen-bond donors (Lipinski definition) is 0. The van der Waals surface area contributed by atoms with Crippen molar-refractivity contribution in [2.24, 2.45) is 4.99 Å². The first-order chi connectivity index (χ1) is 7.88. The van der Waals surface area contributed by atoms with Crippen LogP contribution in [0.2, 0.25) is 0 Å². The molecule has 2 heteroatoms. The number of aliphatic imine (C=N–C) groups is 1. The fraction of sp³-hybridized carbons (Fsp3) is 0.357. The monoisotopic (exact) mass is 215 g/mol. The van der Waals surface area contributed by atoms with E-state index in [1.165, 1.54) is 11.1 Å². The minimum atomic E-state index is 0.673. The highest BCUT2D eigenvalue weighted by Gasteiger charge is 2.06. The lowest BCUT2D eigenvalue weighted by atomic mass is 10.1. The summed E-state index contributed by atoms with van der Waals surface area (Å²) in [5.41, 5.74) is 3.49. The number of nitrogens with zero attached hydrogens (tertiary/aromatic N) is 1. The molecule has 2 aliphatic rings. The van der Waals surface area contributed by atoms with Crippen molar-refractivity contribution in [1.29, 1.82) is 0 Å². The maximum Gasteiger partial charge on any atom is 0.0718 e. The summed E-state index contributed by atoms with van der Waals surface area (Å²) in [6.07, 6.45) is 12.7. The summed E-state index contributed by atoms with van der Waals surface area (Å²) in [5, 5.41) is 0. The molecule has 1 aliphatic carbocycles. The molecule has 2 rings (SSSR count). The third kappa shape index (κ3) is 3.04. The predicted octanol–water partition coefficient (Wildman–Crippen LogP) is 2.85. The van der Waals surface area contributed by atoms with Crippen LogP contribution in [-0.4, -0.2) is 25.5 Å². The lowest BCUT2D eigenvalue weighted by molar-refractivity contribution is 0.181. The maximum atomic E-state index is 5.65. The first kappa shape index (κ1) is 11.1. The Labute approximate surface area is 96.7 Å². The number of allylic oxidation sites excluding steroid dienone is 4. The molecule has 0 unspecified atom stereocenters. The van der Waals surface area contributed by atoms with Gasteiger partial charge in [0.25, 0.3) is 0 Å². The average molecular weight is 215 g/mol. The molecule has 0 spiro atoms. The van der Waals surface area contributed by atoms with Crippen LogP contribution in [0, 0.1) is 0 Å². The van der Waals surface area contributed by atoms with E-state index in [-0.39, 0.29) is 0 Å². The van der Waals surface area contributed by atoms with Crippen LogP contribution >= 0.6 is 0 Å². The fourth-order valence-corrected chi connectivity index (χ4v) is 1.78. The van der Waals surface area contributed by atoms with Crippen LogP contribution in [0.1, 0.15) is 12.8 Å². The number of ether oxygens (including phenoxy) is 1. The summed E-state index contributed by atoms with van der Waals surface area (Å²) in [6, 6.07) is 0. The quantitative estimate of drug-likeness (QED) is 0.691. The van der Waals surface area contributed by atoms with Crippen LogP contribution in [0.4, 0.5) is 0 Å². The molecule has 2 nitrogen and oxygen atoms in total. The van der Waals surface area contributed by atoms with Crippen molar-refractivity contribution >= 4 is 5.71 Å². The van der Waals surface area contributed by atoms with E-state index in [0.29, 0.717) is 13.2 Å². The molecule has 0 radical (unpaired) electrons. The van der Waals surface area contributed by atoms with Gasteiger partial charge < -0.3 is 4.74 Å². The van der Waals surface area contributed by atoms with Gasteiger partial charge in [-0.05, 0) is 36.1 Å². The third-order valence-corrected chi connectivity index (χ3v) is 2.65. The second kappa shape index (κ2) is 5.61. The topological polar surface area (TPSA) is 21.6 Å². The second-order valence-corrected chi connectivity index (χ2v) is 4.00. The molecule has 0 aromatic heterocycles. The molecule has 0 N–H and O–H groups in total. The van der Waals surface area contributed by atoms with Gasteiger partial charge >= 0.3 is 0 Å². The Morgan fingerprint density at radius 2 is 2.31 bits per heavy atom. The lowest BCUT2D eigenvalue weighted by Gasteiger charge is -2.08. The molecule has 0 aromatic carbocycles. The van der Waals surface area contributed by atoms with Crippen LogP contribution in [0.5, 0.6) is 0 Å². The fourth-order valence-electron chi connectivity index (χ4n) is 1.78. The Kier molecular flexibility index (Phi) is 3.89. The normalized spacial score (nSPS) is 19.1. The van der Waals surface area contributed by atoms with E-state index < -0.39 is 0 Å². The average Bonchev–Trinajstić information content (AvgIpc) is 2.78. The summed E-state index contributed by atoms with van der Waals surface area (Å²) in [6.45, 7) is 5.83. The smallest absolute Gasteiger partial charge is 0.0718 e. The summed E-state index contributed by atoms with van der Waals surface area (Å²) in [7, 11) is 0. The minimum Gasteiger partial charge on any atom is -0.372 e. The molecule has 84 valence electrons. The van der Waals surface area contributed by atoms with Crippen molar-refractivity contribution < 1.29 is 4.74 Å². The molecule has 1 heterocycles. The summed E-state index contributed by atoms with van der Waals surface area (Å²) in [4.78, 5) is 4.30. The highest BCUT2D eigenvalue weighted by molar-refractivity contribution is 6.05. The first-order valence-electron chi connectivity index (χ1n) is 5.68. The molecule has 0 amide bonds. The number of hydrogen-bond acceptors (Lipinski definition) is 2. The highest BCUT2D eigenvalue weighted by Crippen LogP contribution is 2.11. The van der Waals surface area contributed by atoms with Crippen molar-refractivity contribution in [2.75, 3.05) is 19.8 Å². The summed E-state index contributed by atoms with van der Waals surface area (Å²) in [5.74, 6) is 0. The van der Waals surface area contributed by atoms with Crippen molar-refractivity contribution in [1.82, 2.24) is 0 Å². The third-order valence-electron chi connectivity index (χ3n) is 2.65. The maximum absolute atomic E-state index is 5.65. The molecule has 0 fully saturated rings. The van der Waals surface area contributed by atoms with Crippen LogP contribution in [0.25, 0.3) is 0 Å². The molecule has 0 aromatic rings. The van der Waals surface area contributed by atoms with Crippen LogP contribution in [-0.2, 0) is 4.74 Å². The molecule has 0 saturated heterocycles. The zero-order valence-electron chi connectivity index (χ0n) is 9.48. The summed E-state index contributed by atoms with van der Waals surface area (Å²) < 4.78 is 5.65.